The standard InChI is InChI=1S/C13H16N4O4/c1-8-12(18)14-4-5-15(8)13(19)11-6-10(17(20)21)7-16(11)9-2-3-9/h6-9H,2-5H2,1H3,(H,14,18). The van der Waals surface area contributed by atoms with Crippen LogP contribution in [0.1, 0.15) is 36.3 Å². The first-order valence-electron chi connectivity index (χ1n) is 6.94. The number of amides is 2. The molecular weight excluding hydrogens is 276 g/mol. The van der Waals surface area contributed by atoms with Crippen molar-refractivity contribution < 1.29 is 14.5 Å². The monoisotopic (exact) mass is 292 g/mol. The van der Waals surface area contributed by atoms with Gasteiger partial charge in [0, 0.05) is 25.2 Å². The highest BCUT2D eigenvalue weighted by Crippen LogP contribution is 2.38. The molecule has 3 rings (SSSR count). The molecule has 1 aliphatic carbocycles. The lowest BCUT2D eigenvalue weighted by Gasteiger charge is -2.32. The van der Waals surface area contributed by atoms with Gasteiger partial charge in [-0.3, -0.25) is 19.7 Å². The predicted octanol–water partition coefficient (Wildman–Crippen LogP) is 0.692. The molecule has 0 aromatic carbocycles. The summed E-state index contributed by atoms with van der Waals surface area (Å²) in [5, 5.41) is 13.6. The maximum Gasteiger partial charge on any atom is 0.287 e. The number of nitrogens with one attached hydrogen (secondary N) is 1. The first-order chi connectivity index (χ1) is 9.99. The second-order valence-corrected chi connectivity index (χ2v) is 5.44. The molecule has 1 atom stereocenters. The molecule has 2 aliphatic rings. The van der Waals surface area contributed by atoms with Gasteiger partial charge in [0.25, 0.3) is 11.6 Å². The van der Waals surface area contributed by atoms with Crippen LogP contribution in [-0.2, 0) is 4.79 Å². The number of carbonyl (C=O) groups is 2. The maximum absolute atomic E-state index is 12.6. The number of aromatic nitrogens is 1. The molecule has 1 aromatic rings. The van der Waals surface area contributed by atoms with E-state index in [1.807, 2.05) is 0 Å². The van der Waals surface area contributed by atoms with Crippen molar-refractivity contribution >= 4 is 17.5 Å². The van der Waals surface area contributed by atoms with Crippen LogP contribution >= 0.6 is 0 Å². The lowest BCUT2D eigenvalue weighted by molar-refractivity contribution is -0.384. The molecule has 8 heteroatoms. The van der Waals surface area contributed by atoms with E-state index in [1.54, 1.807) is 11.5 Å². The molecule has 1 aromatic heterocycles. The van der Waals surface area contributed by atoms with Gasteiger partial charge in [-0.25, -0.2) is 0 Å². The lowest BCUT2D eigenvalue weighted by Crippen LogP contribution is -2.56. The highest BCUT2D eigenvalue weighted by atomic mass is 16.6. The van der Waals surface area contributed by atoms with E-state index in [0.29, 0.717) is 18.8 Å². The molecule has 2 amide bonds. The van der Waals surface area contributed by atoms with Crippen molar-refractivity contribution in [2.45, 2.75) is 31.8 Å². The minimum Gasteiger partial charge on any atom is -0.353 e. The fraction of sp³-hybridized carbons (Fsp3) is 0.538. The van der Waals surface area contributed by atoms with Gasteiger partial charge in [-0.15, -0.1) is 0 Å². The number of nitrogens with zero attached hydrogens (tertiary/aromatic N) is 3. The first kappa shape index (κ1) is 13.6. The van der Waals surface area contributed by atoms with Gasteiger partial charge in [0.15, 0.2) is 0 Å². The maximum atomic E-state index is 12.6. The second-order valence-electron chi connectivity index (χ2n) is 5.44. The largest absolute Gasteiger partial charge is 0.353 e. The molecule has 1 saturated carbocycles. The fourth-order valence-electron chi connectivity index (χ4n) is 2.60. The molecule has 2 fully saturated rings. The van der Waals surface area contributed by atoms with E-state index < -0.39 is 11.0 Å². The van der Waals surface area contributed by atoms with Crippen molar-refractivity contribution in [2.75, 3.05) is 13.1 Å². The Balaban J connectivity index is 1.93. The van der Waals surface area contributed by atoms with E-state index in [1.165, 1.54) is 17.2 Å². The Morgan fingerprint density at radius 2 is 2.19 bits per heavy atom. The highest BCUT2D eigenvalue weighted by molar-refractivity contribution is 5.97. The topological polar surface area (TPSA) is 97.5 Å². The van der Waals surface area contributed by atoms with Gasteiger partial charge < -0.3 is 14.8 Å². The van der Waals surface area contributed by atoms with Gasteiger partial charge in [0.1, 0.15) is 11.7 Å². The van der Waals surface area contributed by atoms with E-state index in [2.05, 4.69) is 5.32 Å². The van der Waals surface area contributed by atoms with Crippen LogP contribution in [0.2, 0.25) is 0 Å². The zero-order valence-corrected chi connectivity index (χ0v) is 11.6. The van der Waals surface area contributed by atoms with Gasteiger partial charge in [0.2, 0.25) is 5.91 Å². The Bertz CT molecular complexity index is 620. The molecule has 0 spiro atoms. The summed E-state index contributed by atoms with van der Waals surface area (Å²) < 4.78 is 1.68. The van der Waals surface area contributed by atoms with Crippen LogP contribution in [0.5, 0.6) is 0 Å². The van der Waals surface area contributed by atoms with Gasteiger partial charge in [0.05, 0.1) is 11.1 Å². The smallest absolute Gasteiger partial charge is 0.287 e. The summed E-state index contributed by atoms with van der Waals surface area (Å²) in [6, 6.07) is 0.902. The molecule has 1 unspecified atom stereocenters. The summed E-state index contributed by atoms with van der Waals surface area (Å²) in [5.74, 6) is -0.522. The summed E-state index contributed by atoms with van der Waals surface area (Å²) in [6.07, 6.45) is 3.25. The summed E-state index contributed by atoms with van der Waals surface area (Å²) in [5.41, 5.74) is 0.213. The Labute approximate surface area is 120 Å². The molecule has 8 nitrogen and oxygen atoms in total. The van der Waals surface area contributed by atoms with Crippen LogP contribution in [0.15, 0.2) is 12.3 Å². The van der Waals surface area contributed by atoms with E-state index in [-0.39, 0.29) is 23.5 Å². The van der Waals surface area contributed by atoms with Gasteiger partial charge in [-0.05, 0) is 19.8 Å². The first-order valence-corrected chi connectivity index (χ1v) is 6.94. The minimum absolute atomic E-state index is 0.0839. The molecule has 112 valence electrons. The lowest BCUT2D eigenvalue weighted by atomic mass is 10.2. The van der Waals surface area contributed by atoms with Crippen molar-refractivity contribution in [3.8, 4) is 0 Å². The number of rotatable bonds is 3. The molecule has 1 saturated heterocycles. The summed E-state index contributed by atoms with van der Waals surface area (Å²) in [6.45, 7) is 2.47. The number of nitro groups is 1. The zero-order chi connectivity index (χ0) is 15.1. The average Bonchev–Trinajstić information content (AvgIpc) is 3.19. The van der Waals surface area contributed by atoms with Crippen molar-refractivity contribution in [3.05, 3.63) is 28.1 Å². The van der Waals surface area contributed by atoms with E-state index in [4.69, 9.17) is 0 Å². The Morgan fingerprint density at radius 1 is 1.48 bits per heavy atom. The Hall–Kier alpha value is -2.38. The molecular formula is C13H16N4O4. The van der Waals surface area contributed by atoms with Crippen LogP contribution in [0.25, 0.3) is 0 Å². The van der Waals surface area contributed by atoms with E-state index in [9.17, 15) is 19.7 Å². The molecule has 0 bridgehead atoms. The average molecular weight is 292 g/mol. The highest BCUT2D eigenvalue weighted by Gasteiger charge is 2.35. The van der Waals surface area contributed by atoms with Gasteiger partial charge in [-0.2, -0.15) is 0 Å². The van der Waals surface area contributed by atoms with Crippen LogP contribution in [0.4, 0.5) is 5.69 Å². The number of piperazine rings is 1. The normalized spacial score (nSPS) is 22.0. The third-order valence-corrected chi connectivity index (χ3v) is 3.96. The van der Waals surface area contributed by atoms with Crippen molar-refractivity contribution in [3.63, 3.8) is 0 Å². The molecule has 1 aliphatic heterocycles. The molecule has 1 N–H and O–H groups in total. The van der Waals surface area contributed by atoms with Crippen LogP contribution in [0.3, 0.4) is 0 Å². The Kier molecular flexibility index (Phi) is 3.15. The fourth-order valence-corrected chi connectivity index (χ4v) is 2.60. The van der Waals surface area contributed by atoms with Crippen molar-refractivity contribution in [1.82, 2.24) is 14.8 Å². The third-order valence-electron chi connectivity index (χ3n) is 3.96. The quantitative estimate of drug-likeness (QED) is 0.654. The van der Waals surface area contributed by atoms with Crippen LogP contribution in [0, 0.1) is 10.1 Å². The SMILES string of the molecule is CC1C(=O)NCCN1C(=O)c1cc([N+](=O)[O-])cn1C1CC1. The summed E-state index contributed by atoms with van der Waals surface area (Å²) >= 11 is 0. The van der Waals surface area contributed by atoms with Crippen LogP contribution in [-0.4, -0.2) is 45.3 Å². The molecule has 2 heterocycles. The predicted molar refractivity (Wildman–Crippen MR) is 72.9 cm³/mol. The van der Waals surface area contributed by atoms with Crippen molar-refractivity contribution in [1.29, 1.82) is 0 Å². The molecule has 0 radical (unpaired) electrons. The number of hydrogen-bond acceptors (Lipinski definition) is 4. The third kappa shape index (κ3) is 2.37. The number of hydrogen-bond donors (Lipinski definition) is 1. The minimum atomic E-state index is -0.562. The van der Waals surface area contributed by atoms with E-state index in [0.717, 1.165) is 12.8 Å². The van der Waals surface area contributed by atoms with Gasteiger partial charge >= 0.3 is 0 Å². The zero-order valence-electron chi connectivity index (χ0n) is 11.6. The summed E-state index contributed by atoms with van der Waals surface area (Å²) in [7, 11) is 0. The van der Waals surface area contributed by atoms with Crippen LogP contribution < -0.4 is 5.32 Å². The summed E-state index contributed by atoms with van der Waals surface area (Å²) in [4.78, 5) is 36.2. The van der Waals surface area contributed by atoms with Gasteiger partial charge in [-0.1, -0.05) is 0 Å². The Morgan fingerprint density at radius 3 is 2.81 bits per heavy atom. The molecule has 21 heavy (non-hydrogen) atoms. The van der Waals surface area contributed by atoms with E-state index >= 15 is 0 Å². The van der Waals surface area contributed by atoms with Crippen molar-refractivity contribution in [2.24, 2.45) is 0 Å². The second kappa shape index (κ2) is 4.87. The number of carbonyl (C=O) groups excluding carboxylic acids is 2.